The van der Waals surface area contributed by atoms with Crippen LogP contribution in [0.2, 0.25) is 0 Å². The van der Waals surface area contributed by atoms with E-state index in [-0.39, 0.29) is 5.91 Å². The van der Waals surface area contributed by atoms with Gasteiger partial charge < -0.3 is 14.5 Å². The molecule has 1 aliphatic heterocycles. The van der Waals surface area contributed by atoms with Gasteiger partial charge in [-0.15, -0.1) is 0 Å². The van der Waals surface area contributed by atoms with Crippen LogP contribution in [0.1, 0.15) is 30.6 Å². The van der Waals surface area contributed by atoms with Crippen LogP contribution < -0.4 is 4.74 Å². The van der Waals surface area contributed by atoms with E-state index in [1.165, 1.54) is 0 Å². The molecule has 2 unspecified atom stereocenters. The van der Waals surface area contributed by atoms with Crippen molar-refractivity contribution >= 4 is 5.91 Å². The predicted molar refractivity (Wildman–Crippen MR) is 97.7 cm³/mol. The van der Waals surface area contributed by atoms with Crippen molar-refractivity contribution < 1.29 is 9.53 Å². The molecule has 134 valence electrons. The fourth-order valence-corrected chi connectivity index (χ4v) is 3.47. The van der Waals surface area contributed by atoms with E-state index in [0.717, 1.165) is 38.3 Å². The van der Waals surface area contributed by atoms with Crippen molar-refractivity contribution in [2.45, 2.75) is 32.4 Å². The second kappa shape index (κ2) is 8.49. The molecular weight excluding hydrogens is 302 g/mol. The number of amides is 1. The van der Waals surface area contributed by atoms with Gasteiger partial charge in [0.05, 0.1) is 7.11 Å². The Labute approximate surface area is 146 Å². The quantitative estimate of drug-likeness (QED) is 0.799. The molecule has 1 aromatic carbocycles. The van der Waals surface area contributed by atoms with E-state index in [1.807, 2.05) is 29.2 Å². The Bertz CT molecular complexity index is 535. The van der Waals surface area contributed by atoms with Crippen LogP contribution in [-0.4, -0.2) is 80.1 Å². The minimum absolute atomic E-state index is 0.0977. The number of ether oxygens (including phenoxy) is 1. The highest BCUT2D eigenvalue weighted by molar-refractivity contribution is 5.94. The van der Waals surface area contributed by atoms with E-state index in [9.17, 15) is 4.79 Å². The van der Waals surface area contributed by atoms with Crippen molar-refractivity contribution in [2.24, 2.45) is 0 Å². The van der Waals surface area contributed by atoms with Crippen molar-refractivity contribution in [2.75, 3.05) is 47.4 Å². The normalized spacial score (nSPS) is 22.0. The molecule has 1 aliphatic rings. The summed E-state index contributed by atoms with van der Waals surface area (Å²) in [5.41, 5.74) is 0.704. The molecule has 24 heavy (non-hydrogen) atoms. The van der Waals surface area contributed by atoms with E-state index in [0.29, 0.717) is 17.6 Å². The van der Waals surface area contributed by atoms with Gasteiger partial charge >= 0.3 is 0 Å². The molecule has 5 heteroatoms. The van der Waals surface area contributed by atoms with Gasteiger partial charge in [0.2, 0.25) is 0 Å². The van der Waals surface area contributed by atoms with E-state index >= 15 is 0 Å². The topological polar surface area (TPSA) is 36.0 Å². The van der Waals surface area contributed by atoms with Crippen molar-refractivity contribution in [3.63, 3.8) is 0 Å². The summed E-state index contributed by atoms with van der Waals surface area (Å²) in [4.78, 5) is 19.5. The Morgan fingerprint density at radius 1 is 1.25 bits per heavy atom. The minimum Gasteiger partial charge on any atom is -0.497 e. The van der Waals surface area contributed by atoms with Crippen LogP contribution in [-0.2, 0) is 0 Å². The van der Waals surface area contributed by atoms with Gasteiger partial charge in [0, 0.05) is 37.3 Å². The molecule has 0 bridgehead atoms. The van der Waals surface area contributed by atoms with Gasteiger partial charge in [-0.25, -0.2) is 0 Å². The number of hydrogen-bond acceptors (Lipinski definition) is 4. The molecule has 0 radical (unpaired) electrons. The lowest BCUT2D eigenvalue weighted by molar-refractivity contribution is 0.0295. The third kappa shape index (κ3) is 4.71. The molecule has 2 rings (SSSR count). The largest absolute Gasteiger partial charge is 0.497 e. The fraction of sp³-hybridized carbons (Fsp3) is 0.632. The molecule has 0 N–H and O–H groups in total. The maximum atomic E-state index is 12.8. The average Bonchev–Trinajstić information content (AvgIpc) is 2.56. The van der Waals surface area contributed by atoms with Crippen molar-refractivity contribution in [1.82, 2.24) is 14.7 Å². The van der Waals surface area contributed by atoms with Gasteiger partial charge in [-0.1, -0.05) is 6.07 Å². The molecule has 1 saturated heterocycles. The first-order chi connectivity index (χ1) is 11.4. The molecule has 1 fully saturated rings. The second-order valence-corrected chi connectivity index (χ2v) is 7.03. The standard InChI is InChI=1S/C19H31N3O2/c1-15-13-21(14-16(2)22(15)11-7-10-20(3)4)19(23)17-8-6-9-18(12-17)24-5/h6,8-9,12,15-16H,7,10-11,13-14H2,1-5H3. The van der Waals surface area contributed by atoms with E-state index in [4.69, 9.17) is 4.74 Å². The Kier molecular flexibility index (Phi) is 6.63. The number of hydrogen-bond donors (Lipinski definition) is 0. The van der Waals surface area contributed by atoms with Gasteiger partial charge in [0.25, 0.3) is 5.91 Å². The first-order valence-electron chi connectivity index (χ1n) is 8.76. The first-order valence-corrected chi connectivity index (χ1v) is 8.76. The van der Waals surface area contributed by atoms with Crippen molar-refractivity contribution in [1.29, 1.82) is 0 Å². The van der Waals surface area contributed by atoms with Gasteiger partial charge in [-0.2, -0.15) is 0 Å². The smallest absolute Gasteiger partial charge is 0.254 e. The summed E-state index contributed by atoms with van der Waals surface area (Å²) >= 11 is 0. The number of rotatable bonds is 6. The van der Waals surface area contributed by atoms with Gasteiger partial charge in [0.15, 0.2) is 0 Å². The summed E-state index contributed by atoms with van der Waals surface area (Å²) in [6.07, 6.45) is 1.16. The third-order valence-corrected chi connectivity index (χ3v) is 4.73. The minimum atomic E-state index is 0.0977. The lowest BCUT2D eigenvalue weighted by atomic mass is 10.1. The summed E-state index contributed by atoms with van der Waals surface area (Å²) in [5.74, 6) is 0.824. The van der Waals surface area contributed by atoms with Crippen LogP contribution in [0.5, 0.6) is 5.75 Å². The Balaban J connectivity index is 1.98. The first kappa shape index (κ1) is 18.7. The lowest BCUT2D eigenvalue weighted by Gasteiger charge is -2.44. The SMILES string of the molecule is COc1cccc(C(=O)N2CC(C)N(CCCN(C)C)C(C)C2)c1. The van der Waals surface area contributed by atoms with E-state index < -0.39 is 0 Å². The molecule has 1 amide bonds. The van der Waals surface area contributed by atoms with Crippen LogP contribution in [0.15, 0.2) is 24.3 Å². The molecule has 2 atom stereocenters. The summed E-state index contributed by atoms with van der Waals surface area (Å²) in [5, 5.41) is 0. The third-order valence-electron chi connectivity index (χ3n) is 4.73. The highest BCUT2D eigenvalue weighted by Gasteiger charge is 2.31. The van der Waals surface area contributed by atoms with Crippen LogP contribution >= 0.6 is 0 Å². The molecule has 1 heterocycles. The summed E-state index contributed by atoms with van der Waals surface area (Å²) < 4.78 is 5.23. The number of carbonyl (C=O) groups excluding carboxylic acids is 1. The highest BCUT2D eigenvalue weighted by atomic mass is 16.5. The number of carbonyl (C=O) groups is 1. The zero-order valence-electron chi connectivity index (χ0n) is 15.7. The molecular formula is C19H31N3O2. The molecule has 0 saturated carbocycles. The Hall–Kier alpha value is -1.59. The van der Waals surface area contributed by atoms with Crippen LogP contribution in [0.4, 0.5) is 0 Å². The monoisotopic (exact) mass is 333 g/mol. The Morgan fingerprint density at radius 3 is 2.50 bits per heavy atom. The zero-order chi connectivity index (χ0) is 17.7. The average molecular weight is 333 g/mol. The van der Waals surface area contributed by atoms with Gasteiger partial charge in [-0.05, 0) is 59.1 Å². The number of nitrogens with zero attached hydrogens (tertiary/aromatic N) is 3. The van der Waals surface area contributed by atoms with Crippen molar-refractivity contribution in [3.8, 4) is 5.75 Å². The van der Waals surface area contributed by atoms with E-state index in [1.54, 1.807) is 7.11 Å². The number of benzene rings is 1. The molecule has 0 aromatic heterocycles. The number of methoxy groups -OCH3 is 1. The van der Waals surface area contributed by atoms with Gasteiger partial charge in [0.1, 0.15) is 5.75 Å². The van der Waals surface area contributed by atoms with Crippen molar-refractivity contribution in [3.05, 3.63) is 29.8 Å². The summed E-state index contributed by atoms with van der Waals surface area (Å²) in [6.45, 7) is 8.18. The molecule has 0 aliphatic carbocycles. The fourth-order valence-electron chi connectivity index (χ4n) is 3.47. The highest BCUT2D eigenvalue weighted by Crippen LogP contribution is 2.20. The van der Waals surface area contributed by atoms with Gasteiger partial charge in [-0.3, -0.25) is 9.69 Å². The molecule has 0 spiro atoms. The predicted octanol–water partition coefficient (Wildman–Crippen LogP) is 2.18. The van der Waals surface area contributed by atoms with Crippen LogP contribution in [0, 0.1) is 0 Å². The van der Waals surface area contributed by atoms with Crippen LogP contribution in [0.3, 0.4) is 0 Å². The second-order valence-electron chi connectivity index (χ2n) is 7.03. The lowest BCUT2D eigenvalue weighted by Crippen LogP contribution is -2.58. The maximum absolute atomic E-state index is 12.8. The summed E-state index contributed by atoms with van der Waals surface area (Å²) in [7, 11) is 5.84. The summed E-state index contributed by atoms with van der Waals surface area (Å²) in [6, 6.07) is 8.18. The maximum Gasteiger partial charge on any atom is 0.254 e. The van der Waals surface area contributed by atoms with E-state index in [2.05, 4.69) is 37.7 Å². The zero-order valence-corrected chi connectivity index (χ0v) is 15.7. The molecule has 1 aromatic rings. The Morgan fingerprint density at radius 2 is 1.92 bits per heavy atom. The van der Waals surface area contributed by atoms with Crippen LogP contribution in [0.25, 0.3) is 0 Å². The molecule has 5 nitrogen and oxygen atoms in total. The number of piperazine rings is 1.